The second-order valence-corrected chi connectivity index (χ2v) is 7.88. The molecule has 3 aliphatic rings. The van der Waals surface area contributed by atoms with Crippen molar-refractivity contribution in [2.24, 2.45) is 0 Å². The van der Waals surface area contributed by atoms with Crippen LogP contribution in [0.5, 0.6) is 0 Å². The average molecular weight is 394 g/mol. The SMILES string of the molecule is O=C1CCC(N2Cc3ccc(-n4cc(CN5CCCC5)nn4)cc3C2=O)C(=O)N1. The van der Waals surface area contributed by atoms with Gasteiger partial charge in [-0.05, 0) is 50.0 Å². The van der Waals surface area contributed by atoms with E-state index in [0.29, 0.717) is 18.5 Å². The fourth-order valence-corrected chi connectivity index (χ4v) is 4.35. The van der Waals surface area contributed by atoms with E-state index in [1.165, 1.54) is 12.8 Å². The summed E-state index contributed by atoms with van der Waals surface area (Å²) in [4.78, 5) is 40.4. The van der Waals surface area contributed by atoms with Gasteiger partial charge in [-0.25, -0.2) is 4.68 Å². The van der Waals surface area contributed by atoms with E-state index in [2.05, 4.69) is 20.5 Å². The number of nitrogens with one attached hydrogen (secondary N) is 1. The molecule has 2 fully saturated rings. The maximum atomic E-state index is 13.0. The smallest absolute Gasteiger partial charge is 0.255 e. The van der Waals surface area contributed by atoms with Crippen molar-refractivity contribution in [3.05, 3.63) is 41.2 Å². The molecule has 0 aliphatic carbocycles. The standard InChI is InChI=1S/C20H22N6O3/c27-18-6-5-17(19(28)21-18)25-10-13-3-4-15(9-16(13)20(25)29)26-12-14(22-23-26)11-24-7-1-2-8-24/h3-4,9,12,17H,1-2,5-8,10-11H2,(H,21,27,28). The zero-order chi connectivity index (χ0) is 20.0. The predicted molar refractivity (Wildman–Crippen MR) is 102 cm³/mol. The monoisotopic (exact) mass is 394 g/mol. The minimum absolute atomic E-state index is 0.186. The van der Waals surface area contributed by atoms with Gasteiger partial charge < -0.3 is 4.90 Å². The van der Waals surface area contributed by atoms with Gasteiger partial charge in [-0.2, -0.15) is 0 Å². The minimum atomic E-state index is -0.602. The molecule has 4 heterocycles. The third-order valence-corrected chi connectivity index (χ3v) is 5.90. The van der Waals surface area contributed by atoms with Crippen LogP contribution in [0.25, 0.3) is 5.69 Å². The summed E-state index contributed by atoms with van der Waals surface area (Å²) in [7, 11) is 0. The number of hydrogen-bond donors (Lipinski definition) is 1. The van der Waals surface area contributed by atoms with Crippen molar-refractivity contribution in [3.63, 3.8) is 0 Å². The molecule has 1 aromatic carbocycles. The Morgan fingerprint density at radius 2 is 1.97 bits per heavy atom. The molecule has 0 radical (unpaired) electrons. The first-order valence-electron chi connectivity index (χ1n) is 10.00. The summed E-state index contributed by atoms with van der Waals surface area (Å²) in [6.07, 6.45) is 4.97. The third-order valence-electron chi connectivity index (χ3n) is 5.90. The number of carbonyl (C=O) groups is 3. The van der Waals surface area contributed by atoms with Crippen LogP contribution in [-0.4, -0.2) is 61.6 Å². The molecule has 0 saturated carbocycles. The van der Waals surface area contributed by atoms with Crippen molar-refractivity contribution in [1.29, 1.82) is 0 Å². The highest BCUT2D eigenvalue weighted by atomic mass is 16.2. The lowest BCUT2D eigenvalue weighted by Gasteiger charge is -2.29. The fourth-order valence-electron chi connectivity index (χ4n) is 4.35. The van der Waals surface area contributed by atoms with Crippen LogP contribution in [0.2, 0.25) is 0 Å². The first-order valence-corrected chi connectivity index (χ1v) is 10.00. The number of imide groups is 1. The van der Waals surface area contributed by atoms with Crippen molar-refractivity contribution in [2.45, 2.75) is 44.8 Å². The van der Waals surface area contributed by atoms with Crippen LogP contribution in [0.15, 0.2) is 24.4 Å². The topological polar surface area (TPSA) is 100 Å². The van der Waals surface area contributed by atoms with Gasteiger partial charge in [0, 0.05) is 25.1 Å². The molecular formula is C20H22N6O3. The number of nitrogens with zero attached hydrogens (tertiary/aromatic N) is 5. The summed E-state index contributed by atoms with van der Waals surface area (Å²) < 4.78 is 1.69. The Bertz CT molecular complexity index is 994. The van der Waals surface area contributed by atoms with Crippen LogP contribution in [0, 0.1) is 0 Å². The van der Waals surface area contributed by atoms with E-state index >= 15 is 0 Å². The minimum Gasteiger partial charge on any atom is -0.322 e. The summed E-state index contributed by atoms with van der Waals surface area (Å²) in [5.74, 6) is -0.868. The molecular weight excluding hydrogens is 372 g/mol. The predicted octanol–water partition coefficient (Wildman–Crippen LogP) is 0.624. The van der Waals surface area contributed by atoms with Crippen LogP contribution < -0.4 is 5.32 Å². The quantitative estimate of drug-likeness (QED) is 0.764. The lowest BCUT2D eigenvalue weighted by molar-refractivity contribution is -0.136. The highest BCUT2D eigenvalue weighted by molar-refractivity contribution is 6.05. The van der Waals surface area contributed by atoms with Gasteiger partial charge in [0.1, 0.15) is 6.04 Å². The molecule has 2 aromatic rings. The van der Waals surface area contributed by atoms with Gasteiger partial charge in [0.15, 0.2) is 0 Å². The molecule has 1 atom stereocenters. The summed E-state index contributed by atoms with van der Waals surface area (Å²) in [5, 5.41) is 10.8. The first-order chi connectivity index (χ1) is 14.1. The summed E-state index contributed by atoms with van der Waals surface area (Å²) in [5.41, 5.74) is 3.12. The molecule has 5 rings (SSSR count). The Kier molecular flexibility index (Phi) is 4.39. The number of aromatic nitrogens is 3. The van der Waals surface area contributed by atoms with Gasteiger partial charge in [-0.3, -0.25) is 24.6 Å². The maximum Gasteiger partial charge on any atom is 0.255 e. The Morgan fingerprint density at radius 3 is 2.76 bits per heavy atom. The molecule has 0 bridgehead atoms. The summed E-state index contributed by atoms with van der Waals surface area (Å²) in [6.45, 7) is 3.35. The van der Waals surface area contributed by atoms with Crippen LogP contribution >= 0.6 is 0 Å². The van der Waals surface area contributed by atoms with Crippen LogP contribution in [0.3, 0.4) is 0 Å². The van der Waals surface area contributed by atoms with E-state index in [1.54, 1.807) is 15.6 Å². The van der Waals surface area contributed by atoms with E-state index in [-0.39, 0.29) is 18.2 Å². The van der Waals surface area contributed by atoms with Gasteiger partial charge in [0.25, 0.3) is 5.91 Å². The number of benzene rings is 1. The fraction of sp³-hybridized carbons (Fsp3) is 0.450. The largest absolute Gasteiger partial charge is 0.322 e. The highest BCUT2D eigenvalue weighted by Gasteiger charge is 2.39. The Balaban J connectivity index is 1.34. The molecule has 1 aromatic heterocycles. The van der Waals surface area contributed by atoms with Crippen molar-refractivity contribution in [3.8, 4) is 5.69 Å². The zero-order valence-electron chi connectivity index (χ0n) is 16.0. The van der Waals surface area contributed by atoms with Crippen molar-refractivity contribution in [1.82, 2.24) is 30.1 Å². The molecule has 9 nitrogen and oxygen atoms in total. The van der Waals surface area contributed by atoms with Crippen molar-refractivity contribution < 1.29 is 14.4 Å². The second-order valence-electron chi connectivity index (χ2n) is 7.88. The van der Waals surface area contributed by atoms with Crippen LogP contribution in [-0.2, 0) is 22.7 Å². The Hall–Kier alpha value is -3.07. The van der Waals surface area contributed by atoms with Crippen molar-refractivity contribution in [2.75, 3.05) is 13.1 Å². The van der Waals surface area contributed by atoms with E-state index < -0.39 is 11.9 Å². The number of fused-ring (bicyclic) bond motifs is 1. The number of amides is 3. The summed E-state index contributed by atoms with van der Waals surface area (Å²) >= 11 is 0. The maximum absolute atomic E-state index is 13.0. The van der Waals surface area contributed by atoms with E-state index in [9.17, 15) is 14.4 Å². The van der Waals surface area contributed by atoms with Gasteiger partial charge >= 0.3 is 0 Å². The number of likely N-dealkylation sites (tertiary alicyclic amines) is 1. The molecule has 150 valence electrons. The van der Waals surface area contributed by atoms with Gasteiger partial charge in [0.2, 0.25) is 11.8 Å². The van der Waals surface area contributed by atoms with Gasteiger partial charge in [-0.15, -0.1) is 5.10 Å². The van der Waals surface area contributed by atoms with Crippen molar-refractivity contribution >= 4 is 17.7 Å². The zero-order valence-corrected chi connectivity index (χ0v) is 16.0. The summed E-state index contributed by atoms with van der Waals surface area (Å²) in [6, 6.07) is 5.01. The molecule has 2 saturated heterocycles. The molecule has 3 aliphatic heterocycles. The lowest BCUT2D eigenvalue weighted by atomic mass is 10.0. The van der Waals surface area contributed by atoms with Gasteiger partial charge in [-0.1, -0.05) is 11.3 Å². The molecule has 3 amide bonds. The Labute approximate surface area is 167 Å². The Morgan fingerprint density at radius 1 is 1.14 bits per heavy atom. The number of carbonyl (C=O) groups excluding carboxylic acids is 3. The second kappa shape index (κ2) is 7.07. The third kappa shape index (κ3) is 3.31. The van der Waals surface area contributed by atoms with Crippen LogP contribution in [0.4, 0.5) is 0 Å². The lowest BCUT2D eigenvalue weighted by Crippen LogP contribution is -2.52. The number of rotatable bonds is 4. The number of hydrogen-bond acceptors (Lipinski definition) is 6. The molecule has 1 N–H and O–H groups in total. The van der Waals surface area contributed by atoms with E-state index in [4.69, 9.17) is 0 Å². The first kappa shape index (κ1) is 18.0. The van der Waals surface area contributed by atoms with E-state index in [0.717, 1.165) is 36.6 Å². The number of piperidine rings is 1. The van der Waals surface area contributed by atoms with E-state index in [1.807, 2.05) is 18.3 Å². The molecule has 29 heavy (non-hydrogen) atoms. The molecule has 0 spiro atoms. The van der Waals surface area contributed by atoms with Gasteiger partial charge in [0.05, 0.1) is 17.6 Å². The highest BCUT2D eigenvalue weighted by Crippen LogP contribution is 2.29. The molecule has 9 heteroatoms. The average Bonchev–Trinajstić information content (AvgIpc) is 3.44. The molecule has 1 unspecified atom stereocenters. The van der Waals surface area contributed by atoms with Crippen LogP contribution in [0.1, 0.15) is 47.3 Å². The normalized spacial score (nSPS) is 22.3.